The third-order valence-corrected chi connectivity index (χ3v) is 8.68. The smallest absolute Gasteiger partial charge is 0.286 e. The van der Waals surface area contributed by atoms with Crippen LogP contribution in [0.4, 0.5) is 10.6 Å². The number of hydrogen-bond donors (Lipinski definition) is 1. The number of aryl methyl sites for hydroxylation is 1. The molecule has 1 aromatic heterocycles. The summed E-state index contributed by atoms with van der Waals surface area (Å²) >= 11 is 1.00. The van der Waals surface area contributed by atoms with Crippen LogP contribution in [-0.4, -0.2) is 55.8 Å². The van der Waals surface area contributed by atoms with E-state index in [4.69, 9.17) is 9.57 Å². The average molecular weight is 569 g/mol. The second-order valence-electron chi connectivity index (χ2n) is 8.78. The standard InChI is InChI=1S/C27H28N4O6S2/c1-18-4-11-23(12-5-18)39(34,35)31(3)25-13-8-21(17-28-25)19(2)30-37-15-14-36-22-9-6-20(7-10-22)16-24-26(32)29-27(33)38-24/h4-13,17,24H,14-16H2,1-3H3,(H,29,32,33)/b30-19-. The van der Waals surface area contributed by atoms with Crippen LogP contribution in [0, 0.1) is 6.92 Å². The molecule has 12 heteroatoms. The van der Waals surface area contributed by atoms with Crippen molar-refractivity contribution in [3.8, 4) is 5.75 Å². The van der Waals surface area contributed by atoms with Crippen molar-refractivity contribution in [2.24, 2.45) is 5.16 Å². The molecule has 0 bridgehead atoms. The summed E-state index contributed by atoms with van der Waals surface area (Å²) < 4.78 is 32.6. The third kappa shape index (κ3) is 7.15. The molecule has 1 atom stereocenters. The highest BCUT2D eigenvalue weighted by molar-refractivity contribution is 8.15. The molecule has 0 radical (unpaired) electrons. The van der Waals surface area contributed by atoms with Crippen molar-refractivity contribution < 1.29 is 27.6 Å². The van der Waals surface area contributed by atoms with E-state index < -0.39 is 15.3 Å². The zero-order chi connectivity index (χ0) is 28.0. The SMILES string of the molecule is C/C(=N/OCCOc1ccc(CC2SC(=O)NC2=O)cc1)c1ccc(N(C)S(=O)(=O)c2ccc(C)cc2)nc1. The topological polar surface area (TPSA) is 127 Å². The predicted molar refractivity (Wildman–Crippen MR) is 150 cm³/mol. The van der Waals surface area contributed by atoms with Crippen LogP contribution in [0.3, 0.4) is 0 Å². The van der Waals surface area contributed by atoms with Crippen LogP contribution in [0.2, 0.25) is 0 Å². The Kier molecular flexibility index (Phi) is 8.87. The van der Waals surface area contributed by atoms with Gasteiger partial charge in [-0.05, 0) is 62.2 Å². The van der Waals surface area contributed by atoms with Gasteiger partial charge in [0.2, 0.25) is 5.91 Å². The normalized spacial score (nSPS) is 15.7. The predicted octanol–water partition coefficient (Wildman–Crippen LogP) is 3.93. The van der Waals surface area contributed by atoms with Gasteiger partial charge in [0.1, 0.15) is 18.2 Å². The average Bonchev–Trinajstić information content (AvgIpc) is 3.25. The number of amides is 2. The highest BCUT2D eigenvalue weighted by atomic mass is 32.2. The van der Waals surface area contributed by atoms with E-state index >= 15 is 0 Å². The first-order valence-electron chi connectivity index (χ1n) is 12.1. The number of ether oxygens (including phenoxy) is 1. The van der Waals surface area contributed by atoms with Crippen LogP contribution >= 0.6 is 11.8 Å². The molecule has 2 amide bonds. The van der Waals surface area contributed by atoms with Gasteiger partial charge in [0, 0.05) is 18.8 Å². The fraction of sp³-hybridized carbons (Fsp3) is 0.259. The number of sulfonamides is 1. The highest BCUT2D eigenvalue weighted by Gasteiger charge is 2.31. The molecule has 4 rings (SSSR count). The molecule has 0 aliphatic carbocycles. The van der Waals surface area contributed by atoms with Crippen molar-refractivity contribution >= 4 is 44.5 Å². The number of nitrogens with one attached hydrogen (secondary N) is 1. The van der Waals surface area contributed by atoms with Gasteiger partial charge in [-0.1, -0.05) is 46.7 Å². The van der Waals surface area contributed by atoms with Gasteiger partial charge in [0.25, 0.3) is 15.3 Å². The molecule has 3 aromatic rings. The lowest BCUT2D eigenvalue weighted by Crippen LogP contribution is -2.27. The minimum absolute atomic E-state index is 0.195. The molecule has 1 saturated heterocycles. The van der Waals surface area contributed by atoms with E-state index in [-0.39, 0.29) is 35.1 Å². The van der Waals surface area contributed by atoms with Gasteiger partial charge in [-0.3, -0.25) is 19.2 Å². The van der Waals surface area contributed by atoms with Gasteiger partial charge in [0.15, 0.2) is 6.61 Å². The molecule has 1 unspecified atom stereocenters. The van der Waals surface area contributed by atoms with Gasteiger partial charge in [-0.15, -0.1) is 0 Å². The zero-order valence-corrected chi connectivity index (χ0v) is 23.3. The van der Waals surface area contributed by atoms with Crippen molar-refractivity contribution in [3.63, 3.8) is 0 Å². The van der Waals surface area contributed by atoms with E-state index in [9.17, 15) is 18.0 Å². The van der Waals surface area contributed by atoms with Crippen molar-refractivity contribution in [3.05, 3.63) is 83.6 Å². The van der Waals surface area contributed by atoms with Gasteiger partial charge in [0.05, 0.1) is 15.9 Å². The molecule has 0 saturated carbocycles. The first-order chi connectivity index (χ1) is 18.6. The van der Waals surface area contributed by atoms with Crippen molar-refractivity contribution in [2.75, 3.05) is 24.6 Å². The number of benzene rings is 2. The van der Waals surface area contributed by atoms with Gasteiger partial charge >= 0.3 is 0 Å². The molecule has 204 valence electrons. The summed E-state index contributed by atoms with van der Waals surface area (Å²) in [5.74, 6) is 0.668. The second-order valence-corrected chi connectivity index (χ2v) is 11.9. The van der Waals surface area contributed by atoms with Crippen LogP contribution in [0.15, 0.2) is 76.9 Å². The number of rotatable bonds is 11. The summed E-state index contributed by atoms with van der Waals surface area (Å²) in [7, 11) is -2.26. The summed E-state index contributed by atoms with van der Waals surface area (Å²) in [6.07, 6.45) is 2.01. The fourth-order valence-corrected chi connectivity index (χ4v) is 5.64. The number of imide groups is 1. The molecule has 10 nitrogen and oxygen atoms in total. The largest absolute Gasteiger partial charge is 0.490 e. The number of nitrogens with zero attached hydrogens (tertiary/aromatic N) is 3. The highest BCUT2D eigenvalue weighted by Crippen LogP contribution is 2.24. The minimum atomic E-state index is -3.72. The lowest BCUT2D eigenvalue weighted by molar-refractivity contribution is -0.118. The first kappa shape index (κ1) is 28.1. The lowest BCUT2D eigenvalue weighted by atomic mass is 10.1. The van der Waals surface area contributed by atoms with Gasteiger partial charge < -0.3 is 9.57 Å². The Morgan fingerprint density at radius 2 is 1.77 bits per heavy atom. The molecule has 0 spiro atoms. The van der Waals surface area contributed by atoms with Crippen molar-refractivity contribution in [1.29, 1.82) is 0 Å². The molecule has 2 heterocycles. The monoisotopic (exact) mass is 568 g/mol. The molecule has 39 heavy (non-hydrogen) atoms. The number of thioether (sulfide) groups is 1. The Bertz CT molecular complexity index is 1460. The molecular weight excluding hydrogens is 540 g/mol. The van der Waals surface area contributed by atoms with E-state index in [0.29, 0.717) is 23.4 Å². The second kappa shape index (κ2) is 12.3. The Labute approximate surface area is 231 Å². The number of anilines is 1. The number of carbonyl (C=O) groups is 2. The van der Waals surface area contributed by atoms with E-state index in [2.05, 4.69) is 15.5 Å². The third-order valence-electron chi connectivity index (χ3n) is 5.92. The first-order valence-corrected chi connectivity index (χ1v) is 14.4. The molecule has 1 N–H and O–H groups in total. The number of aromatic nitrogens is 1. The van der Waals surface area contributed by atoms with Crippen molar-refractivity contribution in [2.45, 2.75) is 30.4 Å². The number of carbonyl (C=O) groups excluding carboxylic acids is 2. The zero-order valence-electron chi connectivity index (χ0n) is 21.7. The molecule has 1 fully saturated rings. The maximum Gasteiger partial charge on any atom is 0.286 e. The maximum atomic E-state index is 12.9. The van der Waals surface area contributed by atoms with Gasteiger partial charge in [-0.25, -0.2) is 13.4 Å². The van der Waals surface area contributed by atoms with E-state index in [1.165, 1.54) is 7.05 Å². The minimum Gasteiger partial charge on any atom is -0.490 e. The van der Waals surface area contributed by atoms with Crippen LogP contribution < -0.4 is 14.4 Å². The molecule has 2 aromatic carbocycles. The van der Waals surface area contributed by atoms with E-state index in [1.807, 2.05) is 19.1 Å². The molecule has 1 aliphatic rings. The fourth-order valence-electron chi connectivity index (χ4n) is 3.63. The Balaban J connectivity index is 1.24. The molecular formula is C27H28N4O6S2. The van der Waals surface area contributed by atoms with Crippen LogP contribution in [0.25, 0.3) is 0 Å². The maximum absolute atomic E-state index is 12.9. The van der Waals surface area contributed by atoms with Crippen LogP contribution in [0.1, 0.15) is 23.6 Å². The number of oxime groups is 1. The van der Waals surface area contributed by atoms with Crippen molar-refractivity contribution in [1.82, 2.24) is 10.3 Å². The summed E-state index contributed by atoms with van der Waals surface area (Å²) in [4.78, 5) is 32.8. The Hall–Kier alpha value is -3.90. The number of pyridine rings is 1. The lowest BCUT2D eigenvalue weighted by Gasteiger charge is -2.18. The quantitative estimate of drug-likeness (QED) is 0.209. The van der Waals surface area contributed by atoms with Gasteiger partial charge in [-0.2, -0.15) is 0 Å². The Morgan fingerprint density at radius 1 is 1.05 bits per heavy atom. The van der Waals surface area contributed by atoms with Crippen LogP contribution in [-0.2, 0) is 26.1 Å². The van der Waals surface area contributed by atoms with Crippen LogP contribution in [0.5, 0.6) is 5.75 Å². The summed E-state index contributed by atoms with van der Waals surface area (Å²) in [6.45, 7) is 4.14. The van der Waals surface area contributed by atoms with E-state index in [0.717, 1.165) is 27.2 Å². The van der Waals surface area contributed by atoms with E-state index in [1.54, 1.807) is 61.7 Å². The number of hydrogen-bond acceptors (Lipinski definition) is 9. The Morgan fingerprint density at radius 3 is 2.38 bits per heavy atom. The summed E-state index contributed by atoms with van der Waals surface area (Å²) in [5.41, 5.74) is 3.17. The summed E-state index contributed by atoms with van der Waals surface area (Å²) in [6, 6.07) is 17.3. The summed E-state index contributed by atoms with van der Waals surface area (Å²) in [5, 5.41) is 5.65. The molecule has 1 aliphatic heterocycles.